The average Bonchev–Trinajstić information content (AvgIpc) is 3.11. The van der Waals surface area contributed by atoms with Crippen molar-refractivity contribution in [2.75, 3.05) is 11.9 Å². The van der Waals surface area contributed by atoms with Gasteiger partial charge in [-0.3, -0.25) is 4.79 Å². The van der Waals surface area contributed by atoms with E-state index in [0.717, 1.165) is 33.9 Å². The standard InChI is InChI=1S/C22H22N4O2S/c1-4-15(3)25-26-19(13-29-22(26)23-17-8-5-14(2)6-9-17)16-7-10-20-18(11-16)24-21(27)12-28-20/h5-11,13H,4,12H2,1-3H3,(H,24,27)/b23-22?,25-15+. The Hall–Kier alpha value is -3.19. The minimum Gasteiger partial charge on any atom is -0.482 e. The topological polar surface area (TPSA) is 68.0 Å². The van der Waals surface area contributed by atoms with E-state index >= 15 is 0 Å². The molecule has 0 aliphatic carbocycles. The maximum atomic E-state index is 11.7. The van der Waals surface area contributed by atoms with E-state index in [2.05, 4.69) is 19.2 Å². The van der Waals surface area contributed by atoms with Crippen molar-refractivity contribution >= 4 is 34.3 Å². The molecule has 0 radical (unpaired) electrons. The maximum Gasteiger partial charge on any atom is 0.262 e. The predicted molar refractivity (Wildman–Crippen MR) is 117 cm³/mol. The summed E-state index contributed by atoms with van der Waals surface area (Å²) >= 11 is 1.53. The van der Waals surface area contributed by atoms with Crippen LogP contribution in [-0.4, -0.2) is 22.9 Å². The van der Waals surface area contributed by atoms with E-state index in [0.29, 0.717) is 11.4 Å². The molecule has 1 amide bonds. The van der Waals surface area contributed by atoms with Crippen molar-refractivity contribution in [3.8, 4) is 17.0 Å². The molecule has 148 valence electrons. The lowest BCUT2D eigenvalue weighted by Gasteiger charge is -2.18. The van der Waals surface area contributed by atoms with Crippen molar-refractivity contribution in [2.24, 2.45) is 10.1 Å². The lowest BCUT2D eigenvalue weighted by molar-refractivity contribution is -0.118. The summed E-state index contributed by atoms with van der Waals surface area (Å²) in [6.45, 7) is 6.18. The number of benzene rings is 2. The van der Waals surface area contributed by atoms with Gasteiger partial charge in [-0.05, 0) is 50.6 Å². The molecule has 2 heterocycles. The Labute approximate surface area is 173 Å². The van der Waals surface area contributed by atoms with Gasteiger partial charge in [-0.1, -0.05) is 24.6 Å². The fourth-order valence-electron chi connectivity index (χ4n) is 2.89. The zero-order chi connectivity index (χ0) is 20.4. The van der Waals surface area contributed by atoms with E-state index in [-0.39, 0.29) is 12.5 Å². The molecule has 4 rings (SSSR count). The first kappa shape index (κ1) is 19.1. The zero-order valence-electron chi connectivity index (χ0n) is 16.6. The number of carbonyl (C=O) groups excluding carboxylic acids is 1. The number of fused-ring (bicyclic) bond motifs is 1. The number of amides is 1. The summed E-state index contributed by atoms with van der Waals surface area (Å²) in [4.78, 5) is 17.3. The Morgan fingerprint density at radius 3 is 2.79 bits per heavy atom. The van der Waals surface area contributed by atoms with Crippen LogP contribution in [0.1, 0.15) is 25.8 Å². The van der Waals surface area contributed by atoms with E-state index < -0.39 is 0 Å². The fraction of sp³-hybridized carbons (Fsp3) is 0.227. The highest BCUT2D eigenvalue weighted by Crippen LogP contribution is 2.33. The first-order chi connectivity index (χ1) is 14.0. The van der Waals surface area contributed by atoms with Crippen LogP contribution in [0.5, 0.6) is 5.75 Å². The number of aromatic nitrogens is 1. The van der Waals surface area contributed by atoms with Gasteiger partial charge in [0.1, 0.15) is 5.75 Å². The van der Waals surface area contributed by atoms with E-state index in [4.69, 9.17) is 14.8 Å². The lowest BCUT2D eigenvalue weighted by atomic mass is 10.1. The number of ether oxygens (including phenoxy) is 1. The largest absolute Gasteiger partial charge is 0.482 e. The average molecular weight is 407 g/mol. The van der Waals surface area contributed by atoms with Crippen molar-refractivity contribution in [3.05, 3.63) is 58.2 Å². The molecule has 7 heteroatoms. The number of anilines is 1. The van der Waals surface area contributed by atoms with Crippen LogP contribution in [0.2, 0.25) is 0 Å². The molecule has 1 aliphatic heterocycles. The number of carbonyl (C=O) groups is 1. The third-order valence-electron chi connectivity index (χ3n) is 4.63. The van der Waals surface area contributed by atoms with Crippen LogP contribution in [0.3, 0.4) is 0 Å². The molecule has 29 heavy (non-hydrogen) atoms. The normalized spacial score (nSPS) is 14.4. The molecular formula is C22H22N4O2S. The third-order valence-corrected chi connectivity index (χ3v) is 5.45. The molecule has 2 aromatic carbocycles. The summed E-state index contributed by atoms with van der Waals surface area (Å²) in [5.74, 6) is 0.524. The number of aryl methyl sites for hydroxylation is 1. The molecule has 0 fully saturated rings. The fourth-order valence-corrected chi connectivity index (χ4v) is 3.74. The van der Waals surface area contributed by atoms with Crippen LogP contribution < -0.4 is 14.9 Å². The molecule has 1 N–H and O–H groups in total. The van der Waals surface area contributed by atoms with Crippen molar-refractivity contribution in [1.29, 1.82) is 0 Å². The number of hydrogen-bond acceptors (Lipinski definition) is 5. The minimum absolute atomic E-state index is 0.0460. The molecule has 0 bridgehead atoms. The van der Waals surface area contributed by atoms with Gasteiger partial charge in [0.15, 0.2) is 6.61 Å². The number of nitrogens with zero attached hydrogens (tertiary/aromatic N) is 3. The van der Waals surface area contributed by atoms with Gasteiger partial charge in [-0.2, -0.15) is 5.10 Å². The summed E-state index contributed by atoms with van der Waals surface area (Å²) in [5.41, 5.74) is 5.60. The van der Waals surface area contributed by atoms with Crippen molar-refractivity contribution in [3.63, 3.8) is 0 Å². The van der Waals surface area contributed by atoms with Crippen molar-refractivity contribution in [2.45, 2.75) is 27.2 Å². The quantitative estimate of drug-likeness (QED) is 0.637. The second kappa shape index (κ2) is 8.05. The SMILES string of the molecule is CC/C(C)=N/n1c(-c2ccc3c(c2)NC(=O)CO3)csc1=Nc1ccc(C)cc1. The Morgan fingerprint density at radius 1 is 1.24 bits per heavy atom. The molecule has 0 atom stereocenters. The Balaban J connectivity index is 1.84. The van der Waals surface area contributed by atoms with E-state index in [1.807, 2.05) is 59.4 Å². The molecule has 1 aliphatic rings. The van der Waals surface area contributed by atoms with Crippen LogP contribution in [-0.2, 0) is 4.79 Å². The number of thiazole rings is 1. The summed E-state index contributed by atoms with van der Waals surface area (Å²) < 4.78 is 7.34. The molecule has 3 aromatic rings. The summed E-state index contributed by atoms with van der Waals surface area (Å²) in [7, 11) is 0. The van der Waals surface area contributed by atoms with Crippen LogP contribution in [0.25, 0.3) is 11.3 Å². The molecule has 0 saturated carbocycles. The third kappa shape index (κ3) is 4.14. The van der Waals surface area contributed by atoms with Gasteiger partial charge in [-0.25, -0.2) is 9.67 Å². The molecule has 6 nitrogen and oxygen atoms in total. The Bertz CT molecular complexity index is 1160. The molecule has 0 unspecified atom stereocenters. The highest BCUT2D eigenvalue weighted by Gasteiger charge is 2.18. The number of nitrogens with one attached hydrogen (secondary N) is 1. The van der Waals surface area contributed by atoms with Gasteiger partial charge in [0.25, 0.3) is 5.91 Å². The molecular weight excluding hydrogens is 384 g/mol. The Morgan fingerprint density at radius 2 is 2.03 bits per heavy atom. The second-order valence-electron chi connectivity index (χ2n) is 6.90. The van der Waals surface area contributed by atoms with Crippen LogP contribution >= 0.6 is 11.3 Å². The van der Waals surface area contributed by atoms with Crippen LogP contribution in [0.15, 0.2) is 57.9 Å². The van der Waals surface area contributed by atoms with E-state index in [1.165, 1.54) is 16.9 Å². The monoisotopic (exact) mass is 406 g/mol. The highest BCUT2D eigenvalue weighted by molar-refractivity contribution is 7.07. The maximum absolute atomic E-state index is 11.7. The van der Waals surface area contributed by atoms with Gasteiger partial charge in [0, 0.05) is 16.7 Å². The molecule has 0 saturated heterocycles. The second-order valence-corrected chi connectivity index (χ2v) is 7.74. The number of rotatable bonds is 4. The number of hydrogen-bond donors (Lipinski definition) is 1. The van der Waals surface area contributed by atoms with Crippen LogP contribution in [0, 0.1) is 6.92 Å². The molecule has 1 aromatic heterocycles. The van der Waals surface area contributed by atoms with Gasteiger partial charge >= 0.3 is 0 Å². The summed E-state index contributed by atoms with van der Waals surface area (Å²) in [5, 5.41) is 9.68. The van der Waals surface area contributed by atoms with Gasteiger partial charge < -0.3 is 10.1 Å². The predicted octanol–water partition coefficient (Wildman–Crippen LogP) is 4.72. The summed E-state index contributed by atoms with van der Waals surface area (Å²) in [6, 6.07) is 13.9. The van der Waals surface area contributed by atoms with E-state index in [1.54, 1.807) is 0 Å². The summed E-state index contributed by atoms with van der Waals surface area (Å²) in [6.07, 6.45) is 0.848. The van der Waals surface area contributed by atoms with Gasteiger partial charge in [0.05, 0.1) is 17.1 Å². The minimum atomic E-state index is -0.150. The van der Waals surface area contributed by atoms with Crippen molar-refractivity contribution < 1.29 is 9.53 Å². The highest BCUT2D eigenvalue weighted by atomic mass is 32.1. The molecule has 0 spiro atoms. The lowest BCUT2D eigenvalue weighted by Crippen LogP contribution is -2.25. The smallest absolute Gasteiger partial charge is 0.262 e. The zero-order valence-corrected chi connectivity index (χ0v) is 17.4. The first-order valence-corrected chi connectivity index (χ1v) is 10.3. The van der Waals surface area contributed by atoms with Crippen molar-refractivity contribution in [1.82, 2.24) is 4.68 Å². The first-order valence-electron chi connectivity index (χ1n) is 9.47. The Kier molecular flexibility index (Phi) is 5.31. The van der Waals surface area contributed by atoms with Gasteiger partial charge in [-0.15, -0.1) is 11.3 Å². The van der Waals surface area contributed by atoms with Gasteiger partial charge in [0.2, 0.25) is 4.80 Å². The van der Waals surface area contributed by atoms with Crippen LogP contribution in [0.4, 0.5) is 11.4 Å². The van der Waals surface area contributed by atoms with E-state index in [9.17, 15) is 4.79 Å².